The first-order valence-corrected chi connectivity index (χ1v) is 10.9. The maximum Gasteiger partial charge on any atom is 0.304 e. The molecule has 2 aromatic heterocycles. The third kappa shape index (κ3) is 5.09. The summed E-state index contributed by atoms with van der Waals surface area (Å²) >= 11 is 0. The fourth-order valence-electron chi connectivity index (χ4n) is 4.12. The van der Waals surface area contributed by atoms with Crippen LogP contribution in [-0.4, -0.2) is 25.4 Å². The Morgan fingerprint density at radius 3 is 2.64 bits per heavy atom. The van der Waals surface area contributed by atoms with E-state index in [-0.39, 0.29) is 12.3 Å². The zero-order chi connectivity index (χ0) is 23.4. The van der Waals surface area contributed by atoms with Crippen molar-refractivity contribution < 1.29 is 14.6 Å². The lowest BCUT2D eigenvalue weighted by molar-refractivity contribution is -0.137. The molecular weight excluding hydrogens is 414 g/mol. The first kappa shape index (κ1) is 22.2. The number of carbonyl (C=O) groups is 1. The monoisotopic (exact) mass is 441 g/mol. The second-order valence-electron chi connectivity index (χ2n) is 8.16. The highest BCUT2D eigenvalue weighted by Gasteiger charge is 2.14. The number of aryl methyl sites for hydroxylation is 2. The Morgan fingerprint density at radius 2 is 1.97 bits per heavy atom. The van der Waals surface area contributed by atoms with Crippen LogP contribution in [-0.2, 0) is 25.0 Å². The highest BCUT2D eigenvalue weighted by molar-refractivity contribution is 5.84. The molecule has 2 heterocycles. The Labute approximate surface area is 193 Å². The van der Waals surface area contributed by atoms with Gasteiger partial charge in [0.05, 0.1) is 30.6 Å². The van der Waals surface area contributed by atoms with Crippen LogP contribution >= 0.6 is 0 Å². The lowest BCUT2D eigenvalue weighted by Crippen LogP contribution is -2.05. The minimum absolute atomic E-state index is 0.0149. The first-order valence-electron chi connectivity index (χ1n) is 10.9. The summed E-state index contributed by atoms with van der Waals surface area (Å²) in [6, 6.07) is 13.9. The molecule has 0 saturated carbocycles. The number of hydrogen-bond donors (Lipinski definition) is 1. The molecule has 1 N–H and O–H groups in total. The van der Waals surface area contributed by atoms with Gasteiger partial charge in [-0.25, -0.2) is 0 Å². The van der Waals surface area contributed by atoms with E-state index >= 15 is 0 Å². The van der Waals surface area contributed by atoms with Crippen LogP contribution in [0.15, 0.2) is 61.1 Å². The highest BCUT2D eigenvalue weighted by Crippen LogP contribution is 2.26. The summed E-state index contributed by atoms with van der Waals surface area (Å²) in [4.78, 5) is 11.1. The predicted molar refractivity (Wildman–Crippen MR) is 128 cm³/mol. The molecule has 6 nitrogen and oxygen atoms in total. The molecule has 0 amide bonds. The van der Waals surface area contributed by atoms with E-state index in [0.717, 1.165) is 29.0 Å². The van der Waals surface area contributed by atoms with Crippen LogP contribution in [0.25, 0.3) is 10.9 Å². The van der Waals surface area contributed by atoms with Gasteiger partial charge in [-0.15, -0.1) is 5.92 Å². The smallest absolute Gasteiger partial charge is 0.304 e. The Kier molecular flexibility index (Phi) is 6.50. The highest BCUT2D eigenvalue weighted by atomic mass is 16.5. The van der Waals surface area contributed by atoms with Crippen LogP contribution in [0.4, 0.5) is 0 Å². The number of fused-ring (bicyclic) bond motifs is 1. The Balaban J connectivity index is 1.50. The molecule has 168 valence electrons. The molecule has 0 bridgehead atoms. The molecule has 33 heavy (non-hydrogen) atoms. The molecule has 1 unspecified atom stereocenters. The first-order chi connectivity index (χ1) is 15.9. The number of ether oxygens (including phenoxy) is 1. The zero-order valence-corrected chi connectivity index (χ0v) is 19.1. The number of nitrogens with zero attached hydrogens (tertiary/aromatic N) is 3. The molecule has 0 fully saturated rings. The molecule has 0 radical (unpaired) electrons. The number of carboxylic acids is 1. The van der Waals surface area contributed by atoms with Gasteiger partial charge in [-0.05, 0) is 54.1 Å². The lowest BCUT2D eigenvalue weighted by Gasteiger charge is -2.13. The fourth-order valence-corrected chi connectivity index (χ4v) is 4.12. The van der Waals surface area contributed by atoms with Crippen molar-refractivity contribution in [2.24, 2.45) is 7.05 Å². The number of rotatable bonds is 8. The number of aromatic nitrogens is 3. The molecule has 6 heteroatoms. The van der Waals surface area contributed by atoms with Gasteiger partial charge in [0, 0.05) is 25.0 Å². The summed E-state index contributed by atoms with van der Waals surface area (Å²) in [5.41, 5.74) is 5.55. The van der Waals surface area contributed by atoms with Crippen molar-refractivity contribution >= 4 is 16.9 Å². The van der Waals surface area contributed by atoms with Gasteiger partial charge in [0.15, 0.2) is 0 Å². The van der Waals surface area contributed by atoms with E-state index in [9.17, 15) is 4.79 Å². The molecule has 2 aromatic carbocycles. The van der Waals surface area contributed by atoms with Crippen LogP contribution in [0, 0.1) is 18.8 Å². The van der Waals surface area contributed by atoms with E-state index in [4.69, 9.17) is 9.84 Å². The van der Waals surface area contributed by atoms with E-state index in [1.165, 1.54) is 16.5 Å². The average molecular weight is 442 g/mol. The van der Waals surface area contributed by atoms with Gasteiger partial charge < -0.3 is 14.4 Å². The van der Waals surface area contributed by atoms with Crippen molar-refractivity contribution in [3.8, 4) is 17.6 Å². The normalized spacial score (nSPS) is 11.7. The predicted octanol–water partition coefficient (Wildman–Crippen LogP) is 4.89. The van der Waals surface area contributed by atoms with Gasteiger partial charge in [-0.1, -0.05) is 30.2 Å². The minimum atomic E-state index is -0.859. The lowest BCUT2D eigenvalue weighted by atomic mass is 9.96. The summed E-state index contributed by atoms with van der Waals surface area (Å²) < 4.78 is 10.1. The zero-order valence-electron chi connectivity index (χ0n) is 19.1. The van der Waals surface area contributed by atoms with E-state index < -0.39 is 5.97 Å². The third-order valence-electron chi connectivity index (χ3n) is 5.78. The molecular formula is C27H27N3O3. The van der Waals surface area contributed by atoms with Crippen LogP contribution in [0.3, 0.4) is 0 Å². The van der Waals surface area contributed by atoms with E-state index in [1.807, 2.05) is 48.4 Å². The summed E-state index contributed by atoms with van der Waals surface area (Å²) in [5.74, 6) is 5.35. The van der Waals surface area contributed by atoms with Gasteiger partial charge in [0.1, 0.15) is 12.4 Å². The van der Waals surface area contributed by atoms with Crippen molar-refractivity contribution in [1.82, 2.24) is 14.3 Å². The molecule has 4 rings (SSSR count). The maximum absolute atomic E-state index is 11.1. The molecule has 0 aliphatic rings. The number of carboxylic acid groups (broad SMARTS) is 1. The number of hydrogen-bond acceptors (Lipinski definition) is 3. The van der Waals surface area contributed by atoms with Gasteiger partial charge in [-0.2, -0.15) is 5.10 Å². The molecule has 0 saturated heterocycles. The number of aliphatic carboxylic acids is 1. The van der Waals surface area contributed by atoms with Gasteiger partial charge in [-0.3, -0.25) is 9.48 Å². The van der Waals surface area contributed by atoms with Crippen LogP contribution in [0.5, 0.6) is 5.75 Å². The third-order valence-corrected chi connectivity index (χ3v) is 5.78. The van der Waals surface area contributed by atoms with Crippen molar-refractivity contribution in [2.75, 3.05) is 0 Å². The minimum Gasteiger partial charge on any atom is -0.489 e. The second kappa shape index (κ2) is 9.66. The molecule has 0 aliphatic heterocycles. The molecule has 0 aliphatic carbocycles. The van der Waals surface area contributed by atoms with Crippen molar-refractivity contribution in [1.29, 1.82) is 0 Å². The van der Waals surface area contributed by atoms with Gasteiger partial charge in [0.2, 0.25) is 0 Å². The van der Waals surface area contributed by atoms with Crippen LogP contribution in [0.1, 0.15) is 41.5 Å². The van der Waals surface area contributed by atoms with E-state index in [1.54, 1.807) is 6.92 Å². The Bertz CT molecular complexity index is 1340. The fraction of sp³-hybridized carbons (Fsp3) is 0.259. The average Bonchev–Trinajstić information content (AvgIpc) is 3.39. The van der Waals surface area contributed by atoms with Crippen LogP contribution in [0.2, 0.25) is 0 Å². The van der Waals surface area contributed by atoms with Crippen molar-refractivity contribution in [3.63, 3.8) is 0 Å². The molecule has 0 spiro atoms. The SMILES string of the molecule is CC#CC(CC(=O)O)c1ccc(OCc2ccc3ccn(Cc4cnn(C)c4)c3c2C)cc1. The topological polar surface area (TPSA) is 69.3 Å². The summed E-state index contributed by atoms with van der Waals surface area (Å²) in [6.07, 6.45) is 6.02. The van der Waals surface area contributed by atoms with Crippen molar-refractivity contribution in [2.45, 2.75) is 39.3 Å². The van der Waals surface area contributed by atoms with Crippen LogP contribution < -0.4 is 4.74 Å². The second-order valence-corrected chi connectivity index (χ2v) is 8.16. The summed E-state index contributed by atoms with van der Waals surface area (Å²) in [6.45, 7) is 5.07. The summed E-state index contributed by atoms with van der Waals surface area (Å²) in [7, 11) is 1.92. The standard InChI is InChI=1S/C27H27N3O3/c1-4-5-23(14-26(31)32)21-8-10-25(11-9-21)33-18-24-7-6-22-12-13-30(27(22)19(24)2)17-20-15-28-29(3)16-20/h6-13,15-16,23H,14,17-18H2,1-3H3,(H,31,32). The van der Waals surface area contributed by atoms with Crippen molar-refractivity contribution in [3.05, 3.63) is 83.3 Å². The quantitative estimate of drug-likeness (QED) is 0.395. The molecule has 1 atom stereocenters. The number of benzene rings is 2. The molecule has 4 aromatic rings. The van der Waals surface area contributed by atoms with Gasteiger partial charge in [0.25, 0.3) is 0 Å². The van der Waals surface area contributed by atoms with E-state index in [2.05, 4.69) is 52.8 Å². The largest absolute Gasteiger partial charge is 0.489 e. The summed E-state index contributed by atoms with van der Waals surface area (Å²) in [5, 5.41) is 14.6. The Hall–Kier alpha value is -3.98. The Morgan fingerprint density at radius 1 is 1.18 bits per heavy atom. The van der Waals surface area contributed by atoms with E-state index in [0.29, 0.717) is 6.61 Å². The van der Waals surface area contributed by atoms with Gasteiger partial charge >= 0.3 is 5.97 Å². The maximum atomic E-state index is 11.1.